The predicted molar refractivity (Wildman–Crippen MR) is 79.4 cm³/mol. The minimum atomic E-state index is -4.67. The molecule has 1 aliphatic carbocycles. The molecule has 5 heteroatoms. The molecule has 0 aliphatic heterocycles. The molecule has 2 aromatic carbocycles. The Morgan fingerprint density at radius 2 is 1.43 bits per heavy atom. The number of nitrogens with zero attached hydrogens (tertiary/aromatic N) is 1. The maximum atomic E-state index is 12.5. The molecule has 0 amide bonds. The Balaban J connectivity index is 1.82. The standard InChI is InChI=1S/C18H14F3NO/c19-18(20,21)16(23)14-3-1-12(2-4-14)13-5-7-15(8-6-13)17(11-22)9-10-17/h1-8,16,23H,9-10H2. The van der Waals surface area contributed by atoms with E-state index in [0.717, 1.165) is 29.5 Å². The summed E-state index contributed by atoms with van der Waals surface area (Å²) in [6, 6.07) is 15.5. The van der Waals surface area contributed by atoms with Crippen molar-refractivity contribution in [1.29, 1.82) is 5.26 Å². The van der Waals surface area contributed by atoms with Gasteiger partial charge in [0.1, 0.15) is 0 Å². The third kappa shape index (κ3) is 2.95. The molecule has 23 heavy (non-hydrogen) atoms. The monoisotopic (exact) mass is 317 g/mol. The van der Waals surface area contributed by atoms with Crippen LogP contribution in [0.25, 0.3) is 11.1 Å². The lowest BCUT2D eigenvalue weighted by molar-refractivity contribution is -0.206. The van der Waals surface area contributed by atoms with E-state index in [4.69, 9.17) is 0 Å². The van der Waals surface area contributed by atoms with Crippen LogP contribution in [-0.4, -0.2) is 11.3 Å². The van der Waals surface area contributed by atoms with Crippen LogP contribution < -0.4 is 0 Å². The van der Waals surface area contributed by atoms with Crippen molar-refractivity contribution in [3.05, 3.63) is 59.7 Å². The fourth-order valence-electron chi connectivity index (χ4n) is 2.62. The zero-order valence-electron chi connectivity index (χ0n) is 12.1. The van der Waals surface area contributed by atoms with Gasteiger partial charge in [0.05, 0.1) is 11.5 Å². The number of benzene rings is 2. The molecule has 2 aromatic rings. The molecule has 0 spiro atoms. The maximum Gasteiger partial charge on any atom is 0.418 e. The normalized spacial score (nSPS) is 17.3. The highest BCUT2D eigenvalue weighted by molar-refractivity contribution is 5.64. The van der Waals surface area contributed by atoms with Gasteiger partial charge in [0, 0.05) is 0 Å². The topological polar surface area (TPSA) is 44.0 Å². The summed E-state index contributed by atoms with van der Waals surface area (Å²) in [5.74, 6) is 0. The summed E-state index contributed by atoms with van der Waals surface area (Å²) < 4.78 is 37.4. The quantitative estimate of drug-likeness (QED) is 0.905. The largest absolute Gasteiger partial charge is 0.418 e. The first-order chi connectivity index (χ1) is 10.9. The molecule has 1 saturated carbocycles. The van der Waals surface area contributed by atoms with E-state index in [-0.39, 0.29) is 11.0 Å². The molecule has 1 fully saturated rings. The number of alkyl halides is 3. The number of halogens is 3. The molecule has 1 unspecified atom stereocenters. The lowest BCUT2D eigenvalue weighted by Crippen LogP contribution is -2.19. The van der Waals surface area contributed by atoms with Crippen LogP contribution >= 0.6 is 0 Å². The van der Waals surface area contributed by atoms with Crippen LogP contribution in [0.2, 0.25) is 0 Å². The average molecular weight is 317 g/mol. The molecule has 0 aromatic heterocycles. The summed E-state index contributed by atoms with van der Waals surface area (Å²) in [7, 11) is 0. The van der Waals surface area contributed by atoms with Crippen LogP contribution in [0.3, 0.4) is 0 Å². The van der Waals surface area contributed by atoms with Gasteiger partial charge in [-0.1, -0.05) is 48.5 Å². The van der Waals surface area contributed by atoms with Crippen molar-refractivity contribution in [3.8, 4) is 17.2 Å². The lowest BCUT2D eigenvalue weighted by atomic mass is 9.94. The molecule has 0 saturated heterocycles. The van der Waals surface area contributed by atoms with Crippen molar-refractivity contribution >= 4 is 0 Å². The number of hydrogen-bond acceptors (Lipinski definition) is 2. The number of aliphatic hydroxyl groups is 1. The minimum absolute atomic E-state index is 0.181. The van der Waals surface area contributed by atoms with Crippen LogP contribution in [-0.2, 0) is 5.41 Å². The highest BCUT2D eigenvalue weighted by Crippen LogP contribution is 2.47. The van der Waals surface area contributed by atoms with Gasteiger partial charge in [0.15, 0.2) is 6.10 Å². The van der Waals surface area contributed by atoms with E-state index in [1.54, 1.807) is 12.1 Å². The predicted octanol–water partition coefficient (Wildman–Crippen LogP) is 4.50. The van der Waals surface area contributed by atoms with Crippen molar-refractivity contribution < 1.29 is 18.3 Å². The minimum Gasteiger partial charge on any atom is -0.379 e. The molecule has 0 radical (unpaired) electrons. The van der Waals surface area contributed by atoms with E-state index in [2.05, 4.69) is 6.07 Å². The van der Waals surface area contributed by atoms with Gasteiger partial charge in [-0.2, -0.15) is 18.4 Å². The Labute approximate surface area is 131 Å². The summed E-state index contributed by atoms with van der Waals surface area (Å²) in [6.45, 7) is 0. The van der Waals surface area contributed by atoms with Gasteiger partial charge >= 0.3 is 6.18 Å². The zero-order chi connectivity index (χ0) is 16.7. The number of aliphatic hydroxyl groups excluding tert-OH is 1. The van der Waals surface area contributed by atoms with Gasteiger partial charge in [0.2, 0.25) is 0 Å². The Morgan fingerprint density at radius 1 is 0.957 bits per heavy atom. The number of nitriles is 1. The molecule has 1 atom stereocenters. The Hall–Kier alpha value is -2.32. The highest BCUT2D eigenvalue weighted by atomic mass is 19.4. The van der Waals surface area contributed by atoms with Crippen LogP contribution in [0.4, 0.5) is 13.2 Å². The Bertz CT molecular complexity index is 738. The Kier molecular flexibility index (Phi) is 3.65. The van der Waals surface area contributed by atoms with E-state index in [0.29, 0.717) is 0 Å². The smallest absolute Gasteiger partial charge is 0.379 e. The summed E-state index contributed by atoms with van der Waals surface area (Å²) in [4.78, 5) is 0. The number of rotatable bonds is 3. The van der Waals surface area contributed by atoms with Crippen molar-refractivity contribution in [1.82, 2.24) is 0 Å². The van der Waals surface area contributed by atoms with E-state index in [1.807, 2.05) is 24.3 Å². The molecular formula is C18H14F3NO. The molecule has 0 bridgehead atoms. The molecule has 1 aliphatic rings. The third-order valence-electron chi connectivity index (χ3n) is 4.27. The second-order valence-corrected chi connectivity index (χ2v) is 5.84. The average Bonchev–Trinajstić information content (AvgIpc) is 3.35. The van der Waals surface area contributed by atoms with Gasteiger partial charge in [0.25, 0.3) is 0 Å². The molecular weight excluding hydrogens is 303 g/mol. The van der Waals surface area contributed by atoms with Gasteiger partial charge < -0.3 is 5.11 Å². The van der Waals surface area contributed by atoms with E-state index < -0.39 is 12.3 Å². The van der Waals surface area contributed by atoms with Crippen molar-refractivity contribution in [2.24, 2.45) is 0 Å². The SMILES string of the molecule is N#CC1(c2ccc(-c3ccc(C(O)C(F)(F)F)cc3)cc2)CC1. The molecule has 2 nitrogen and oxygen atoms in total. The summed E-state index contributed by atoms with van der Waals surface area (Å²) >= 11 is 0. The second-order valence-electron chi connectivity index (χ2n) is 5.84. The van der Waals surface area contributed by atoms with Crippen LogP contribution in [0.15, 0.2) is 48.5 Å². The molecule has 0 heterocycles. The molecule has 3 rings (SSSR count). The first kappa shape index (κ1) is 15.6. The van der Waals surface area contributed by atoms with Crippen LogP contribution in [0.1, 0.15) is 30.1 Å². The maximum absolute atomic E-state index is 12.5. The lowest BCUT2D eigenvalue weighted by Gasteiger charge is -2.15. The van der Waals surface area contributed by atoms with Crippen molar-refractivity contribution in [2.45, 2.75) is 30.5 Å². The summed E-state index contributed by atoms with van der Waals surface area (Å²) in [5.41, 5.74) is 2.07. The summed E-state index contributed by atoms with van der Waals surface area (Å²) in [6.07, 6.45) is -5.40. The van der Waals surface area contributed by atoms with Gasteiger partial charge in [-0.15, -0.1) is 0 Å². The zero-order valence-corrected chi connectivity index (χ0v) is 12.1. The third-order valence-corrected chi connectivity index (χ3v) is 4.27. The van der Waals surface area contributed by atoms with Crippen molar-refractivity contribution in [3.63, 3.8) is 0 Å². The van der Waals surface area contributed by atoms with E-state index in [1.165, 1.54) is 12.1 Å². The fourth-order valence-corrected chi connectivity index (χ4v) is 2.62. The van der Waals surface area contributed by atoms with Gasteiger partial charge in [-0.25, -0.2) is 0 Å². The fraction of sp³-hybridized carbons (Fsp3) is 0.278. The first-order valence-corrected chi connectivity index (χ1v) is 7.23. The van der Waals surface area contributed by atoms with Gasteiger partial charge in [-0.05, 0) is 35.1 Å². The highest BCUT2D eigenvalue weighted by Gasteiger charge is 2.44. The number of hydrogen-bond donors (Lipinski definition) is 1. The summed E-state index contributed by atoms with van der Waals surface area (Å²) in [5, 5.41) is 18.4. The van der Waals surface area contributed by atoms with E-state index >= 15 is 0 Å². The molecule has 1 N–H and O–H groups in total. The molecule has 118 valence electrons. The van der Waals surface area contributed by atoms with Crippen molar-refractivity contribution in [2.75, 3.05) is 0 Å². The van der Waals surface area contributed by atoms with Crippen LogP contribution in [0, 0.1) is 11.3 Å². The van der Waals surface area contributed by atoms with Crippen LogP contribution in [0.5, 0.6) is 0 Å². The second kappa shape index (κ2) is 5.39. The van der Waals surface area contributed by atoms with E-state index in [9.17, 15) is 23.5 Å². The first-order valence-electron chi connectivity index (χ1n) is 7.23. The van der Waals surface area contributed by atoms with Gasteiger partial charge in [-0.3, -0.25) is 0 Å². The Morgan fingerprint density at radius 3 is 1.83 bits per heavy atom.